The molecule has 0 N–H and O–H groups in total. The second kappa shape index (κ2) is 2.76. The van der Waals surface area contributed by atoms with Crippen molar-refractivity contribution in [3.05, 3.63) is 0 Å². The molecule has 0 amide bonds. The average molecular weight is 125 g/mol. The summed E-state index contributed by atoms with van der Waals surface area (Å²) < 4.78 is 0. The van der Waals surface area contributed by atoms with Gasteiger partial charge in [0.05, 0.1) is 6.04 Å². The second-order valence-electron chi connectivity index (χ2n) is 2.45. The first-order valence-electron chi connectivity index (χ1n) is 3.30. The van der Waals surface area contributed by atoms with E-state index in [0.717, 1.165) is 12.8 Å². The molecule has 9 heavy (non-hydrogen) atoms. The Morgan fingerprint density at radius 1 is 1.44 bits per heavy atom. The Hall–Kier alpha value is -0.660. The van der Waals surface area contributed by atoms with Gasteiger partial charge in [-0.05, 0) is 19.6 Å². The average Bonchev–Trinajstić information content (AvgIpc) is 1.90. The molecule has 1 rings (SSSR count). The molecule has 0 aromatic heterocycles. The lowest BCUT2D eigenvalue weighted by Gasteiger charge is -2.15. The summed E-state index contributed by atoms with van der Waals surface area (Å²) in [7, 11) is 0. The maximum atomic E-state index is 10.7. The molecule has 0 radical (unpaired) electrons. The molecule has 2 nitrogen and oxygen atoms in total. The van der Waals surface area contributed by atoms with Crippen LogP contribution in [0.2, 0.25) is 0 Å². The van der Waals surface area contributed by atoms with E-state index in [1.165, 1.54) is 0 Å². The van der Waals surface area contributed by atoms with E-state index >= 15 is 0 Å². The van der Waals surface area contributed by atoms with Crippen molar-refractivity contribution in [3.63, 3.8) is 0 Å². The van der Waals surface area contributed by atoms with Crippen molar-refractivity contribution in [3.8, 4) is 0 Å². The molecule has 0 heterocycles. The summed E-state index contributed by atoms with van der Waals surface area (Å²) >= 11 is 0. The van der Waals surface area contributed by atoms with Crippen LogP contribution in [0.4, 0.5) is 0 Å². The third kappa shape index (κ3) is 1.63. The van der Waals surface area contributed by atoms with Gasteiger partial charge in [0.2, 0.25) is 0 Å². The zero-order valence-electron chi connectivity index (χ0n) is 5.47. The molecule has 0 saturated heterocycles. The first-order valence-corrected chi connectivity index (χ1v) is 3.30. The SMILES string of the molecule is C=NC1CCC(=O)CC1. The van der Waals surface area contributed by atoms with Gasteiger partial charge in [0.15, 0.2) is 0 Å². The molecule has 1 aliphatic carbocycles. The number of hydrogen-bond acceptors (Lipinski definition) is 2. The third-order valence-corrected chi connectivity index (χ3v) is 1.77. The van der Waals surface area contributed by atoms with Crippen LogP contribution in [0.1, 0.15) is 25.7 Å². The van der Waals surface area contributed by atoms with Gasteiger partial charge >= 0.3 is 0 Å². The molecule has 2 heteroatoms. The normalized spacial score (nSPS) is 22.0. The lowest BCUT2D eigenvalue weighted by atomic mass is 9.95. The van der Waals surface area contributed by atoms with E-state index in [4.69, 9.17) is 0 Å². The molecule has 1 saturated carbocycles. The fraction of sp³-hybridized carbons (Fsp3) is 0.714. The molecule has 0 aliphatic heterocycles. The Morgan fingerprint density at radius 3 is 2.44 bits per heavy atom. The Labute approximate surface area is 55.0 Å². The van der Waals surface area contributed by atoms with Crippen molar-refractivity contribution in [2.24, 2.45) is 4.99 Å². The fourth-order valence-electron chi connectivity index (χ4n) is 1.11. The van der Waals surface area contributed by atoms with Crippen molar-refractivity contribution in [2.75, 3.05) is 0 Å². The second-order valence-corrected chi connectivity index (χ2v) is 2.45. The number of Topliss-reactive ketones (excluding diaryl/α,β-unsaturated/α-hetero) is 1. The van der Waals surface area contributed by atoms with Crippen LogP contribution < -0.4 is 0 Å². The Balaban J connectivity index is 2.34. The number of carbonyl (C=O) groups excluding carboxylic acids is 1. The summed E-state index contributed by atoms with van der Waals surface area (Å²) in [5.74, 6) is 0.384. The van der Waals surface area contributed by atoms with E-state index in [9.17, 15) is 4.79 Å². The van der Waals surface area contributed by atoms with Gasteiger partial charge in [-0.2, -0.15) is 0 Å². The number of hydrogen-bond donors (Lipinski definition) is 0. The highest BCUT2D eigenvalue weighted by Crippen LogP contribution is 2.16. The van der Waals surface area contributed by atoms with Crippen LogP contribution in [0.5, 0.6) is 0 Å². The van der Waals surface area contributed by atoms with E-state index in [2.05, 4.69) is 11.7 Å². The Kier molecular flexibility index (Phi) is 1.98. The predicted molar refractivity (Wildman–Crippen MR) is 36.8 cm³/mol. The molecule has 0 aromatic rings. The van der Waals surface area contributed by atoms with Crippen LogP contribution in [-0.2, 0) is 4.79 Å². The quantitative estimate of drug-likeness (QED) is 0.484. The standard InChI is InChI=1S/C7H11NO/c1-8-6-2-4-7(9)5-3-6/h6H,1-5H2. The first-order chi connectivity index (χ1) is 4.33. The maximum absolute atomic E-state index is 10.7. The Morgan fingerprint density at radius 2 is 2.00 bits per heavy atom. The van der Waals surface area contributed by atoms with Crippen LogP contribution in [0, 0.1) is 0 Å². The highest BCUT2D eigenvalue weighted by molar-refractivity contribution is 5.79. The summed E-state index contributed by atoms with van der Waals surface area (Å²) in [5, 5.41) is 0. The molecule has 0 atom stereocenters. The van der Waals surface area contributed by atoms with Gasteiger partial charge in [0, 0.05) is 12.8 Å². The molecular formula is C7H11NO. The molecule has 0 bridgehead atoms. The first kappa shape index (κ1) is 6.46. The zero-order valence-corrected chi connectivity index (χ0v) is 5.47. The molecule has 0 unspecified atom stereocenters. The van der Waals surface area contributed by atoms with Crippen LogP contribution in [0.25, 0.3) is 0 Å². The number of rotatable bonds is 1. The summed E-state index contributed by atoms with van der Waals surface area (Å²) in [6, 6.07) is 0.364. The van der Waals surface area contributed by atoms with Crippen LogP contribution in [0.3, 0.4) is 0 Å². The minimum Gasteiger partial charge on any atom is -0.300 e. The number of ketones is 1. The van der Waals surface area contributed by atoms with Crippen molar-refractivity contribution in [2.45, 2.75) is 31.7 Å². The summed E-state index contributed by atoms with van der Waals surface area (Å²) in [4.78, 5) is 14.5. The van der Waals surface area contributed by atoms with E-state index in [0.29, 0.717) is 24.7 Å². The molecule has 50 valence electrons. The summed E-state index contributed by atoms with van der Waals surface area (Å²) in [6.45, 7) is 3.45. The van der Waals surface area contributed by atoms with Gasteiger partial charge in [-0.25, -0.2) is 0 Å². The topological polar surface area (TPSA) is 29.4 Å². The van der Waals surface area contributed by atoms with Crippen molar-refractivity contribution < 1.29 is 4.79 Å². The van der Waals surface area contributed by atoms with Crippen molar-refractivity contribution in [1.82, 2.24) is 0 Å². The Bertz CT molecular complexity index is 121. The number of nitrogens with zero attached hydrogens (tertiary/aromatic N) is 1. The van der Waals surface area contributed by atoms with E-state index in [-0.39, 0.29) is 0 Å². The minimum absolute atomic E-state index is 0.364. The maximum Gasteiger partial charge on any atom is 0.133 e. The van der Waals surface area contributed by atoms with Gasteiger partial charge in [-0.3, -0.25) is 9.79 Å². The molecular weight excluding hydrogens is 114 g/mol. The van der Waals surface area contributed by atoms with Gasteiger partial charge in [-0.1, -0.05) is 0 Å². The van der Waals surface area contributed by atoms with E-state index in [1.807, 2.05) is 0 Å². The van der Waals surface area contributed by atoms with Gasteiger partial charge in [0.25, 0.3) is 0 Å². The number of aliphatic imine (C=N–C) groups is 1. The predicted octanol–water partition coefficient (Wildman–Crippen LogP) is 1.20. The van der Waals surface area contributed by atoms with Crippen LogP contribution >= 0.6 is 0 Å². The highest BCUT2D eigenvalue weighted by atomic mass is 16.1. The van der Waals surface area contributed by atoms with Crippen LogP contribution in [0.15, 0.2) is 4.99 Å². The molecule has 0 aromatic carbocycles. The smallest absolute Gasteiger partial charge is 0.133 e. The zero-order chi connectivity index (χ0) is 6.69. The summed E-state index contributed by atoms with van der Waals surface area (Å²) in [5.41, 5.74) is 0. The van der Waals surface area contributed by atoms with E-state index < -0.39 is 0 Å². The summed E-state index contributed by atoms with van der Waals surface area (Å²) in [6.07, 6.45) is 3.26. The van der Waals surface area contributed by atoms with Gasteiger partial charge in [-0.15, -0.1) is 0 Å². The molecule has 1 fully saturated rings. The highest BCUT2D eigenvalue weighted by Gasteiger charge is 2.15. The van der Waals surface area contributed by atoms with Crippen LogP contribution in [-0.4, -0.2) is 18.5 Å². The molecule has 0 spiro atoms. The lowest BCUT2D eigenvalue weighted by Crippen LogP contribution is -2.15. The minimum atomic E-state index is 0.364. The monoisotopic (exact) mass is 125 g/mol. The number of carbonyl (C=O) groups is 1. The largest absolute Gasteiger partial charge is 0.300 e. The fourth-order valence-corrected chi connectivity index (χ4v) is 1.11. The lowest BCUT2D eigenvalue weighted by molar-refractivity contribution is -0.120. The van der Waals surface area contributed by atoms with E-state index in [1.54, 1.807) is 0 Å². The van der Waals surface area contributed by atoms with Crippen molar-refractivity contribution in [1.29, 1.82) is 0 Å². The van der Waals surface area contributed by atoms with Gasteiger partial charge in [0.1, 0.15) is 5.78 Å². The van der Waals surface area contributed by atoms with Crippen molar-refractivity contribution >= 4 is 12.5 Å². The molecule has 1 aliphatic rings. The van der Waals surface area contributed by atoms with Gasteiger partial charge < -0.3 is 0 Å². The third-order valence-electron chi connectivity index (χ3n) is 1.77.